The van der Waals surface area contributed by atoms with Crippen molar-refractivity contribution < 1.29 is 8.76 Å². The van der Waals surface area contributed by atoms with E-state index >= 15 is 0 Å². The molecule has 1 atom stereocenters. The van der Waals surface area contributed by atoms with Gasteiger partial charge in [-0.1, -0.05) is 21.9 Å². The first-order valence-corrected chi connectivity index (χ1v) is 11.8. The number of fused-ring (bicyclic) bond motifs is 1. The molecule has 0 bridgehead atoms. The lowest BCUT2D eigenvalue weighted by atomic mass is 10.2. The zero-order valence-corrected chi connectivity index (χ0v) is 17.8. The Balaban J connectivity index is 1.37. The zero-order chi connectivity index (χ0) is 20.4. The molecule has 1 unspecified atom stereocenters. The van der Waals surface area contributed by atoms with E-state index in [-0.39, 0.29) is 5.69 Å². The third-order valence-electron chi connectivity index (χ3n) is 5.87. The van der Waals surface area contributed by atoms with Crippen molar-refractivity contribution in [2.45, 2.75) is 50.6 Å². The maximum Gasteiger partial charge on any atom is 0.345 e. The van der Waals surface area contributed by atoms with E-state index in [0.717, 1.165) is 50.2 Å². The quantitative estimate of drug-likeness (QED) is 0.682. The minimum absolute atomic E-state index is 0.0157. The smallest absolute Gasteiger partial charge is 0.345 e. The van der Waals surface area contributed by atoms with Gasteiger partial charge in [0.2, 0.25) is 0 Å². The SMILES string of the molecule is Cc1ccc([S+](=O)([O-])N2CCCN(CCn3nc4n(c3=O)CCCC4)CC2)cc1. The van der Waals surface area contributed by atoms with Crippen LogP contribution in [-0.4, -0.2) is 60.8 Å². The normalized spacial score (nSPS) is 20.8. The van der Waals surface area contributed by atoms with Crippen LogP contribution < -0.4 is 5.69 Å². The maximum absolute atomic E-state index is 12.9. The molecule has 1 fully saturated rings. The molecule has 1 saturated heterocycles. The topological polar surface area (TPSA) is 86.4 Å². The van der Waals surface area contributed by atoms with Gasteiger partial charge in [-0.05, 0) is 44.9 Å². The number of hydrogen-bond donors (Lipinski definition) is 0. The summed E-state index contributed by atoms with van der Waals surface area (Å²) in [5.41, 5.74) is 1.03. The number of aryl methyl sites for hydroxylation is 2. The van der Waals surface area contributed by atoms with Crippen molar-refractivity contribution in [3.63, 3.8) is 0 Å². The van der Waals surface area contributed by atoms with Crippen molar-refractivity contribution in [2.24, 2.45) is 0 Å². The summed E-state index contributed by atoms with van der Waals surface area (Å²) in [5, 5.41) is 4.49. The summed E-state index contributed by atoms with van der Waals surface area (Å²) < 4.78 is 30.8. The number of hydrogen-bond acceptors (Lipinski definition) is 5. The Labute approximate surface area is 172 Å². The van der Waals surface area contributed by atoms with E-state index in [0.29, 0.717) is 37.6 Å². The van der Waals surface area contributed by atoms with Crippen LogP contribution in [0.4, 0.5) is 0 Å². The average molecular weight is 420 g/mol. The van der Waals surface area contributed by atoms with E-state index < -0.39 is 10.4 Å². The number of benzene rings is 1. The van der Waals surface area contributed by atoms with Gasteiger partial charge in [-0.15, -0.1) is 4.31 Å². The molecule has 1 aromatic carbocycles. The number of aromatic nitrogens is 3. The first-order valence-electron chi connectivity index (χ1n) is 10.4. The van der Waals surface area contributed by atoms with Gasteiger partial charge in [0.25, 0.3) is 0 Å². The Hall–Kier alpha value is -1.81. The van der Waals surface area contributed by atoms with Crippen LogP contribution in [0.1, 0.15) is 30.7 Å². The first-order chi connectivity index (χ1) is 13.9. The molecule has 0 N–H and O–H groups in total. The second-order valence-corrected chi connectivity index (χ2v) is 9.88. The van der Waals surface area contributed by atoms with Gasteiger partial charge < -0.3 is 4.55 Å². The van der Waals surface area contributed by atoms with Gasteiger partial charge in [-0.25, -0.2) is 9.48 Å². The summed E-state index contributed by atoms with van der Waals surface area (Å²) in [6.45, 7) is 6.43. The van der Waals surface area contributed by atoms with Crippen molar-refractivity contribution in [2.75, 3.05) is 32.7 Å². The van der Waals surface area contributed by atoms with Crippen molar-refractivity contribution in [1.29, 1.82) is 0 Å². The Morgan fingerprint density at radius 3 is 2.55 bits per heavy atom. The molecule has 0 spiro atoms. The van der Waals surface area contributed by atoms with Crippen molar-refractivity contribution in [3.05, 3.63) is 46.1 Å². The average Bonchev–Trinajstić information content (AvgIpc) is 2.88. The summed E-state index contributed by atoms with van der Waals surface area (Å²) in [6, 6.07) is 7.03. The minimum atomic E-state index is -3.47. The molecule has 0 saturated carbocycles. The van der Waals surface area contributed by atoms with E-state index in [1.165, 1.54) is 0 Å². The van der Waals surface area contributed by atoms with Crippen molar-refractivity contribution in [1.82, 2.24) is 23.6 Å². The van der Waals surface area contributed by atoms with Gasteiger partial charge in [0.15, 0.2) is 15.3 Å². The highest BCUT2D eigenvalue weighted by Gasteiger charge is 2.31. The Bertz CT molecular complexity index is 952. The van der Waals surface area contributed by atoms with Crippen LogP contribution in [0.2, 0.25) is 0 Å². The molecule has 0 radical (unpaired) electrons. The lowest BCUT2D eigenvalue weighted by Gasteiger charge is -2.26. The minimum Gasteiger partial charge on any atom is -0.593 e. The third-order valence-corrected chi connectivity index (χ3v) is 7.78. The standard InChI is InChI=1S/C20H29N5O3S/c1-17-6-8-18(9-7-17)29(27,28)23-11-4-10-22(13-15-23)14-16-25-20(26)24-12-3-2-5-19(24)21-25/h6-9H,2-5,10-16H2,1H3. The Morgan fingerprint density at radius 1 is 1.00 bits per heavy atom. The van der Waals surface area contributed by atoms with Crippen LogP contribution in [0.5, 0.6) is 0 Å². The van der Waals surface area contributed by atoms with Gasteiger partial charge in [-0.3, -0.25) is 9.47 Å². The van der Waals surface area contributed by atoms with E-state index in [1.54, 1.807) is 25.7 Å². The fourth-order valence-electron chi connectivity index (χ4n) is 4.10. The van der Waals surface area contributed by atoms with Crippen LogP contribution in [0.25, 0.3) is 0 Å². The molecule has 1 aromatic heterocycles. The molecule has 29 heavy (non-hydrogen) atoms. The predicted molar refractivity (Wildman–Crippen MR) is 110 cm³/mol. The molecular formula is C20H29N5O3S. The summed E-state index contributed by atoms with van der Waals surface area (Å²) in [7, 11) is -3.47. The molecule has 9 heteroatoms. The molecule has 8 nitrogen and oxygen atoms in total. The highest BCUT2D eigenvalue weighted by atomic mass is 32.3. The molecule has 3 heterocycles. The number of sulfonamides is 1. The summed E-state index contributed by atoms with van der Waals surface area (Å²) in [4.78, 5) is 15.1. The lowest BCUT2D eigenvalue weighted by Crippen LogP contribution is -2.40. The van der Waals surface area contributed by atoms with E-state index in [4.69, 9.17) is 0 Å². The second kappa shape index (κ2) is 8.51. The fraction of sp³-hybridized carbons (Fsp3) is 0.600. The lowest BCUT2D eigenvalue weighted by molar-refractivity contribution is 0.266. The van der Waals surface area contributed by atoms with Gasteiger partial charge in [0.05, 0.1) is 13.1 Å². The molecule has 0 amide bonds. The van der Waals surface area contributed by atoms with Gasteiger partial charge >= 0.3 is 5.69 Å². The van der Waals surface area contributed by atoms with Crippen molar-refractivity contribution in [3.8, 4) is 0 Å². The molecular weight excluding hydrogens is 390 g/mol. The molecule has 4 rings (SSSR count). The number of nitrogens with zero attached hydrogens (tertiary/aromatic N) is 5. The van der Waals surface area contributed by atoms with Gasteiger partial charge in [0, 0.05) is 32.6 Å². The summed E-state index contributed by atoms with van der Waals surface area (Å²) in [5.74, 6) is 0.896. The van der Waals surface area contributed by atoms with Gasteiger partial charge in [-0.2, -0.15) is 5.10 Å². The zero-order valence-electron chi connectivity index (χ0n) is 17.0. The maximum atomic E-state index is 12.9. The summed E-state index contributed by atoms with van der Waals surface area (Å²) >= 11 is 0. The van der Waals surface area contributed by atoms with Crippen molar-refractivity contribution >= 4 is 10.4 Å². The Kier molecular flexibility index (Phi) is 6.00. The third kappa shape index (κ3) is 4.37. The van der Waals surface area contributed by atoms with Crippen LogP contribution in [0.3, 0.4) is 0 Å². The highest BCUT2D eigenvalue weighted by Crippen LogP contribution is 2.23. The molecule has 2 aromatic rings. The monoisotopic (exact) mass is 419 g/mol. The second-order valence-electron chi connectivity index (χ2n) is 7.94. The predicted octanol–water partition coefficient (Wildman–Crippen LogP) is 1.30. The number of rotatable bonds is 5. The fourth-order valence-corrected chi connectivity index (χ4v) is 5.57. The van der Waals surface area contributed by atoms with E-state index in [9.17, 15) is 13.6 Å². The largest absolute Gasteiger partial charge is 0.593 e. The molecule has 2 aliphatic rings. The molecule has 158 valence electrons. The van der Waals surface area contributed by atoms with Crippen LogP contribution in [0, 0.1) is 6.92 Å². The van der Waals surface area contributed by atoms with Crippen LogP contribution >= 0.6 is 0 Å². The van der Waals surface area contributed by atoms with Crippen LogP contribution in [0.15, 0.2) is 34.0 Å². The van der Waals surface area contributed by atoms with E-state index in [2.05, 4.69) is 10.00 Å². The van der Waals surface area contributed by atoms with E-state index in [1.807, 2.05) is 19.1 Å². The Morgan fingerprint density at radius 2 is 1.79 bits per heavy atom. The highest BCUT2D eigenvalue weighted by molar-refractivity contribution is 7.95. The summed E-state index contributed by atoms with van der Waals surface area (Å²) in [6.07, 6.45) is 3.78. The first kappa shape index (κ1) is 20.5. The van der Waals surface area contributed by atoms with Gasteiger partial charge in [0.1, 0.15) is 5.82 Å². The molecule has 2 aliphatic heterocycles. The molecule has 0 aliphatic carbocycles. The van der Waals surface area contributed by atoms with Crippen LogP contribution in [-0.2, 0) is 34.1 Å².